The zero-order chi connectivity index (χ0) is 15.0. The van der Waals surface area contributed by atoms with Crippen LogP contribution in [0.2, 0.25) is 0 Å². The summed E-state index contributed by atoms with van der Waals surface area (Å²) in [4.78, 5) is 0. The van der Waals surface area contributed by atoms with Crippen LogP contribution in [0.25, 0.3) is 0 Å². The first kappa shape index (κ1) is 15.0. The molecule has 0 aromatic carbocycles. The van der Waals surface area contributed by atoms with E-state index in [9.17, 15) is 8.42 Å². The van der Waals surface area contributed by atoms with E-state index < -0.39 is 10.0 Å². The monoisotopic (exact) mass is 313 g/mol. The lowest BCUT2D eigenvalue weighted by Crippen LogP contribution is -2.41. The summed E-state index contributed by atoms with van der Waals surface area (Å²) in [5, 5.41) is 4.16. The Bertz CT molecular complexity index is 594. The zero-order valence-corrected chi connectivity index (χ0v) is 13.4. The van der Waals surface area contributed by atoms with Crippen LogP contribution in [0.5, 0.6) is 0 Å². The molecule has 0 spiro atoms. The first-order chi connectivity index (χ1) is 9.93. The van der Waals surface area contributed by atoms with Crippen molar-refractivity contribution in [3.8, 4) is 0 Å². The highest BCUT2D eigenvalue weighted by molar-refractivity contribution is 7.88. The highest BCUT2D eigenvalue weighted by Gasteiger charge is 2.40. The number of sulfonamides is 1. The Labute approximate surface area is 126 Å². The molecule has 0 N–H and O–H groups in total. The molecule has 21 heavy (non-hydrogen) atoms. The first-order valence-corrected chi connectivity index (χ1v) is 9.34. The predicted octanol–water partition coefficient (Wildman–Crippen LogP) is 0.792. The molecule has 1 saturated carbocycles. The fourth-order valence-corrected chi connectivity index (χ4v) is 4.14. The molecular formula is C14H23N3O3S. The van der Waals surface area contributed by atoms with Gasteiger partial charge < -0.3 is 4.74 Å². The van der Waals surface area contributed by atoms with Crippen molar-refractivity contribution in [3.63, 3.8) is 0 Å². The third-order valence-corrected chi connectivity index (χ3v) is 5.61. The number of hydrogen-bond donors (Lipinski definition) is 0. The van der Waals surface area contributed by atoms with Gasteiger partial charge in [0.15, 0.2) is 0 Å². The van der Waals surface area contributed by atoms with Crippen molar-refractivity contribution in [2.24, 2.45) is 13.0 Å². The Morgan fingerprint density at radius 3 is 2.71 bits per heavy atom. The van der Waals surface area contributed by atoms with E-state index in [-0.39, 0.29) is 12.1 Å². The highest BCUT2D eigenvalue weighted by atomic mass is 32.2. The van der Waals surface area contributed by atoms with E-state index >= 15 is 0 Å². The van der Waals surface area contributed by atoms with Crippen molar-refractivity contribution >= 4 is 10.0 Å². The molecule has 0 amide bonds. The molecule has 7 heteroatoms. The Hall–Kier alpha value is -0.920. The summed E-state index contributed by atoms with van der Waals surface area (Å²) in [6, 6.07) is -0.108. The van der Waals surface area contributed by atoms with Gasteiger partial charge >= 0.3 is 0 Å². The second-order valence-electron chi connectivity index (χ2n) is 6.27. The number of hydrogen-bond acceptors (Lipinski definition) is 4. The van der Waals surface area contributed by atoms with Crippen LogP contribution in [0.3, 0.4) is 0 Å². The smallest absolute Gasteiger partial charge is 0.211 e. The van der Waals surface area contributed by atoms with Crippen molar-refractivity contribution in [1.82, 2.24) is 14.1 Å². The lowest BCUT2D eigenvalue weighted by Gasteiger charge is -2.26. The van der Waals surface area contributed by atoms with Crippen molar-refractivity contribution in [2.45, 2.75) is 37.8 Å². The summed E-state index contributed by atoms with van der Waals surface area (Å²) in [6.45, 7) is 1.32. The van der Waals surface area contributed by atoms with Crippen LogP contribution in [0.1, 0.15) is 24.8 Å². The summed E-state index contributed by atoms with van der Waals surface area (Å²) in [6.07, 6.45) is 8.97. The van der Waals surface area contributed by atoms with Crippen molar-refractivity contribution in [3.05, 3.63) is 18.0 Å². The van der Waals surface area contributed by atoms with Crippen LogP contribution in [-0.4, -0.2) is 54.1 Å². The third-order valence-electron chi connectivity index (χ3n) is 4.31. The molecule has 1 aromatic heterocycles. The molecule has 0 radical (unpaired) electrons. The SMILES string of the molecule is Cn1cc(C[C@@H]2[C@H](OCC3CC3)CCN2S(C)(=O)=O)cn1. The van der Waals surface area contributed by atoms with Crippen LogP contribution in [-0.2, 0) is 28.2 Å². The topological polar surface area (TPSA) is 64.4 Å². The van der Waals surface area contributed by atoms with Crippen LogP contribution < -0.4 is 0 Å². The maximum atomic E-state index is 12.0. The normalized spacial score (nSPS) is 27.3. The maximum Gasteiger partial charge on any atom is 0.211 e. The van der Waals surface area contributed by atoms with E-state index in [1.165, 1.54) is 19.1 Å². The van der Waals surface area contributed by atoms with Gasteiger partial charge in [-0.05, 0) is 37.2 Å². The van der Waals surface area contributed by atoms with Gasteiger partial charge in [0, 0.05) is 26.4 Å². The third kappa shape index (κ3) is 3.64. The summed E-state index contributed by atoms with van der Waals surface area (Å²) >= 11 is 0. The summed E-state index contributed by atoms with van der Waals surface area (Å²) in [7, 11) is -1.33. The molecule has 2 aliphatic rings. The minimum atomic E-state index is -3.19. The van der Waals surface area contributed by atoms with Gasteiger partial charge in [0.05, 0.1) is 24.6 Å². The maximum absolute atomic E-state index is 12.0. The lowest BCUT2D eigenvalue weighted by molar-refractivity contribution is 0.0306. The molecule has 118 valence electrons. The van der Waals surface area contributed by atoms with Crippen LogP contribution in [0.4, 0.5) is 0 Å². The van der Waals surface area contributed by atoms with E-state index in [1.807, 2.05) is 13.2 Å². The molecule has 2 heterocycles. The predicted molar refractivity (Wildman–Crippen MR) is 79.3 cm³/mol. The van der Waals surface area contributed by atoms with Gasteiger partial charge in [0.25, 0.3) is 0 Å². The molecule has 1 saturated heterocycles. The van der Waals surface area contributed by atoms with Gasteiger partial charge in [-0.3, -0.25) is 4.68 Å². The van der Waals surface area contributed by atoms with Gasteiger partial charge in [0.2, 0.25) is 10.0 Å². The molecule has 1 aliphatic carbocycles. The van der Waals surface area contributed by atoms with Crippen LogP contribution in [0.15, 0.2) is 12.4 Å². The fourth-order valence-electron chi connectivity index (χ4n) is 3.00. The Morgan fingerprint density at radius 1 is 1.38 bits per heavy atom. The van der Waals surface area contributed by atoms with Crippen molar-refractivity contribution < 1.29 is 13.2 Å². The van der Waals surface area contributed by atoms with Crippen LogP contribution >= 0.6 is 0 Å². The Balaban J connectivity index is 1.73. The Kier molecular flexibility index (Phi) is 4.07. The van der Waals surface area contributed by atoms with Gasteiger partial charge in [-0.15, -0.1) is 0 Å². The Morgan fingerprint density at radius 2 is 2.14 bits per heavy atom. The molecule has 0 unspecified atom stereocenters. The number of rotatable bonds is 6. The first-order valence-electron chi connectivity index (χ1n) is 7.49. The minimum absolute atomic E-state index is 0.000492. The van der Waals surface area contributed by atoms with Crippen molar-refractivity contribution in [2.75, 3.05) is 19.4 Å². The molecule has 6 nitrogen and oxygen atoms in total. The van der Waals surface area contributed by atoms with E-state index in [4.69, 9.17) is 4.74 Å². The number of aromatic nitrogens is 2. The molecule has 1 aromatic rings. The summed E-state index contributed by atoms with van der Waals surface area (Å²) in [5.74, 6) is 0.691. The number of ether oxygens (including phenoxy) is 1. The number of aryl methyl sites for hydroxylation is 1. The average Bonchev–Trinajstić information content (AvgIpc) is 3.00. The van der Waals surface area contributed by atoms with Gasteiger partial charge in [-0.25, -0.2) is 8.42 Å². The van der Waals surface area contributed by atoms with Gasteiger partial charge in [0.1, 0.15) is 0 Å². The van der Waals surface area contributed by atoms with Gasteiger partial charge in [-0.2, -0.15) is 9.40 Å². The van der Waals surface area contributed by atoms with E-state index in [0.29, 0.717) is 18.9 Å². The van der Waals surface area contributed by atoms with E-state index in [1.54, 1.807) is 15.2 Å². The largest absolute Gasteiger partial charge is 0.376 e. The number of nitrogens with zero attached hydrogens (tertiary/aromatic N) is 3. The highest BCUT2D eigenvalue weighted by Crippen LogP contribution is 2.32. The summed E-state index contributed by atoms with van der Waals surface area (Å²) in [5.41, 5.74) is 1.05. The molecule has 3 rings (SSSR count). The van der Waals surface area contributed by atoms with Crippen molar-refractivity contribution in [1.29, 1.82) is 0 Å². The second kappa shape index (κ2) is 5.70. The molecule has 2 atom stereocenters. The molecule has 2 fully saturated rings. The lowest BCUT2D eigenvalue weighted by atomic mass is 10.1. The van der Waals surface area contributed by atoms with E-state index in [2.05, 4.69) is 5.10 Å². The summed E-state index contributed by atoms with van der Waals surface area (Å²) < 4.78 is 33.3. The standard InChI is InChI=1S/C14H23N3O3S/c1-16-9-12(8-15-16)7-13-14(20-10-11-3-4-11)5-6-17(13)21(2,18)19/h8-9,11,13-14H,3-7,10H2,1-2H3/t13-,14-/m1/s1. The molecule has 0 bridgehead atoms. The molecular weight excluding hydrogens is 290 g/mol. The quantitative estimate of drug-likeness (QED) is 0.779. The fraction of sp³-hybridized carbons (Fsp3) is 0.786. The van der Waals surface area contributed by atoms with E-state index in [0.717, 1.165) is 18.6 Å². The molecule has 1 aliphatic heterocycles. The van der Waals surface area contributed by atoms with Crippen LogP contribution in [0, 0.1) is 5.92 Å². The average molecular weight is 313 g/mol. The minimum Gasteiger partial charge on any atom is -0.376 e. The van der Waals surface area contributed by atoms with Gasteiger partial charge in [-0.1, -0.05) is 0 Å². The zero-order valence-electron chi connectivity index (χ0n) is 12.6. The second-order valence-corrected chi connectivity index (χ2v) is 8.21.